The standard InChI is InChI=1S/C19H17NO4S/c1-2-24-15-10-6-9-14(17(15)21)11-16-18(22)20(19(23)25-16)12-13-7-4-3-5-8-13/h3-11,21H,2,12H2,1H3/b16-11+. The number of carbonyl (C=O) groups is 2. The van der Waals surface area contributed by atoms with Crippen LogP contribution in [0.15, 0.2) is 53.4 Å². The highest BCUT2D eigenvalue weighted by molar-refractivity contribution is 8.18. The van der Waals surface area contributed by atoms with E-state index in [4.69, 9.17) is 4.74 Å². The number of thioether (sulfide) groups is 1. The Hall–Kier alpha value is -2.73. The number of nitrogens with zero attached hydrogens (tertiary/aromatic N) is 1. The van der Waals surface area contributed by atoms with E-state index in [2.05, 4.69) is 0 Å². The van der Waals surface area contributed by atoms with Crippen LogP contribution >= 0.6 is 11.8 Å². The second kappa shape index (κ2) is 7.44. The van der Waals surface area contributed by atoms with Gasteiger partial charge in [0.15, 0.2) is 11.5 Å². The van der Waals surface area contributed by atoms with Crippen molar-refractivity contribution in [2.24, 2.45) is 0 Å². The minimum absolute atomic E-state index is 0.0424. The lowest BCUT2D eigenvalue weighted by atomic mass is 10.1. The van der Waals surface area contributed by atoms with Crippen LogP contribution in [-0.2, 0) is 11.3 Å². The summed E-state index contributed by atoms with van der Waals surface area (Å²) in [6.45, 7) is 2.47. The molecule has 0 saturated carbocycles. The molecule has 3 rings (SSSR count). The second-order valence-corrected chi connectivity index (χ2v) is 6.37. The minimum Gasteiger partial charge on any atom is -0.504 e. The topological polar surface area (TPSA) is 66.8 Å². The number of carbonyl (C=O) groups excluding carboxylic acids is 2. The Kier molecular flexibility index (Phi) is 5.09. The van der Waals surface area contributed by atoms with Crippen molar-refractivity contribution < 1.29 is 19.4 Å². The molecule has 25 heavy (non-hydrogen) atoms. The third-order valence-corrected chi connectivity index (χ3v) is 4.58. The smallest absolute Gasteiger partial charge is 0.293 e. The summed E-state index contributed by atoms with van der Waals surface area (Å²) >= 11 is 0.870. The Morgan fingerprint density at radius 3 is 2.60 bits per heavy atom. The summed E-state index contributed by atoms with van der Waals surface area (Å²) in [6, 6.07) is 14.4. The predicted molar refractivity (Wildman–Crippen MR) is 97.2 cm³/mol. The molecule has 0 unspecified atom stereocenters. The van der Waals surface area contributed by atoms with Crippen LogP contribution in [0.25, 0.3) is 6.08 Å². The molecule has 0 aromatic heterocycles. The lowest BCUT2D eigenvalue weighted by molar-refractivity contribution is -0.123. The number of rotatable bonds is 5. The van der Waals surface area contributed by atoms with Crippen molar-refractivity contribution in [3.05, 3.63) is 64.6 Å². The molecule has 1 aliphatic heterocycles. The average molecular weight is 355 g/mol. The van der Waals surface area contributed by atoms with Crippen molar-refractivity contribution in [1.29, 1.82) is 0 Å². The van der Waals surface area contributed by atoms with Gasteiger partial charge in [-0.2, -0.15) is 0 Å². The van der Waals surface area contributed by atoms with Crippen LogP contribution in [0.1, 0.15) is 18.1 Å². The van der Waals surface area contributed by atoms with E-state index in [1.807, 2.05) is 37.3 Å². The molecule has 1 N–H and O–H groups in total. The van der Waals surface area contributed by atoms with Gasteiger partial charge in [0.05, 0.1) is 18.1 Å². The summed E-state index contributed by atoms with van der Waals surface area (Å²) < 4.78 is 5.34. The van der Waals surface area contributed by atoms with Crippen molar-refractivity contribution >= 4 is 29.0 Å². The van der Waals surface area contributed by atoms with Crippen LogP contribution in [0, 0.1) is 0 Å². The maximum absolute atomic E-state index is 12.5. The molecule has 0 spiro atoms. The largest absolute Gasteiger partial charge is 0.504 e. The van der Waals surface area contributed by atoms with Gasteiger partial charge in [0.25, 0.3) is 11.1 Å². The number of aromatic hydroxyl groups is 1. The van der Waals surface area contributed by atoms with Gasteiger partial charge in [-0.3, -0.25) is 14.5 Å². The van der Waals surface area contributed by atoms with Gasteiger partial charge in [0.1, 0.15) is 0 Å². The predicted octanol–water partition coefficient (Wildman–Crippen LogP) is 4.03. The summed E-state index contributed by atoms with van der Waals surface area (Å²) in [5.41, 5.74) is 1.32. The number of hydrogen-bond acceptors (Lipinski definition) is 5. The molecule has 2 amide bonds. The number of para-hydroxylation sites is 1. The quantitative estimate of drug-likeness (QED) is 0.820. The van der Waals surface area contributed by atoms with Crippen LogP contribution in [-0.4, -0.2) is 27.8 Å². The molecule has 6 heteroatoms. The van der Waals surface area contributed by atoms with Gasteiger partial charge in [-0.05, 0) is 36.4 Å². The third-order valence-electron chi connectivity index (χ3n) is 3.67. The van der Waals surface area contributed by atoms with E-state index in [-0.39, 0.29) is 28.3 Å². The fourth-order valence-corrected chi connectivity index (χ4v) is 3.30. The Morgan fingerprint density at radius 2 is 1.88 bits per heavy atom. The van der Waals surface area contributed by atoms with Crippen LogP contribution in [0.2, 0.25) is 0 Å². The number of amides is 2. The van der Waals surface area contributed by atoms with Crippen molar-refractivity contribution in [1.82, 2.24) is 4.90 Å². The Balaban J connectivity index is 1.84. The number of benzene rings is 2. The molecule has 0 atom stereocenters. The molecule has 1 fully saturated rings. The molecular formula is C19H17NO4S. The fraction of sp³-hybridized carbons (Fsp3) is 0.158. The number of phenols is 1. The van der Waals surface area contributed by atoms with E-state index in [0.29, 0.717) is 17.9 Å². The lowest BCUT2D eigenvalue weighted by Gasteiger charge is -2.12. The number of hydrogen-bond donors (Lipinski definition) is 1. The summed E-state index contributed by atoms with van der Waals surface area (Å²) in [5.74, 6) is -0.0564. The van der Waals surface area contributed by atoms with Gasteiger partial charge in [-0.15, -0.1) is 0 Å². The van der Waals surface area contributed by atoms with E-state index in [9.17, 15) is 14.7 Å². The Labute approximate surface area is 149 Å². The Bertz CT molecular complexity index is 833. The molecule has 1 aliphatic rings. The molecule has 0 aliphatic carbocycles. The van der Waals surface area contributed by atoms with Crippen molar-refractivity contribution in [3.8, 4) is 11.5 Å². The van der Waals surface area contributed by atoms with Gasteiger partial charge < -0.3 is 9.84 Å². The van der Waals surface area contributed by atoms with E-state index >= 15 is 0 Å². The molecule has 0 bridgehead atoms. The number of ether oxygens (including phenoxy) is 1. The number of phenolic OH excluding ortho intramolecular Hbond substituents is 1. The van der Waals surface area contributed by atoms with Gasteiger partial charge in [0.2, 0.25) is 0 Å². The van der Waals surface area contributed by atoms with E-state index in [0.717, 1.165) is 17.3 Å². The Morgan fingerprint density at radius 1 is 1.12 bits per heavy atom. The zero-order valence-corrected chi connectivity index (χ0v) is 14.5. The first kappa shape index (κ1) is 17.1. The summed E-state index contributed by atoms with van der Waals surface area (Å²) in [5, 5.41) is 9.93. The molecule has 1 saturated heterocycles. The first-order chi connectivity index (χ1) is 12.1. The molecule has 128 valence electrons. The highest BCUT2D eigenvalue weighted by atomic mass is 32.2. The van der Waals surface area contributed by atoms with Crippen LogP contribution in [0.3, 0.4) is 0 Å². The molecule has 2 aromatic carbocycles. The molecular weight excluding hydrogens is 338 g/mol. The fourth-order valence-electron chi connectivity index (χ4n) is 2.47. The molecule has 5 nitrogen and oxygen atoms in total. The van der Waals surface area contributed by atoms with E-state index in [1.54, 1.807) is 18.2 Å². The SMILES string of the molecule is CCOc1cccc(/C=C2/SC(=O)N(Cc3ccccc3)C2=O)c1O. The summed E-state index contributed by atoms with van der Waals surface area (Å²) in [6.07, 6.45) is 1.52. The maximum Gasteiger partial charge on any atom is 0.293 e. The normalized spacial score (nSPS) is 15.9. The van der Waals surface area contributed by atoms with Crippen molar-refractivity contribution in [2.75, 3.05) is 6.61 Å². The average Bonchev–Trinajstić information content (AvgIpc) is 2.87. The minimum atomic E-state index is -0.361. The zero-order valence-electron chi connectivity index (χ0n) is 13.6. The van der Waals surface area contributed by atoms with Gasteiger partial charge in [0, 0.05) is 5.56 Å². The monoisotopic (exact) mass is 355 g/mol. The summed E-state index contributed by atoms with van der Waals surface area (Å²) in [7, 11) is 0. The van der Waals surface area contributed by atoms with Gasteiger partial charge in [-0.1, -0.05) is 42.5 Å². The first-order valence-electron chi connectivity index (χ1n) is 7.84. The van der Waals surface area contributed by atoms with Crippen molar-refractivity contribution in [3.63, 3.8) is 0 Å². The third kappa shape index (κ3) is 3.69. The van der Waals surface area contributed by atoms with Crippen molar-refractivity contribution in [2.45, 2.75) is 13.5 Å². The lowest BCUT2D eigenvalue weighted by Crippen LogP contribution is -2.27. The maximum atomic E-state index is 12.5. The second-order valence-electron chi connectivity index (χ2n) is 5.38. The van der Waals surface area contributed by atoms with Crippen LogP contribution in [0.4, 0.5) is 4.79 Å². The zero-order chi connectivity index (χ0) is 17.8. The van der Waals surface area contributed by atoms with Crippen LogP contribution in [0.5, 0.6) is 11.5 Å². The molecule has 2 aromatic rings. The van der Waals surface area contributed by atoms with E-state index in [1.165, 1.54) is 11.0 Å². The van der Waals surface area contributed by atoms with Gasteiger partial charge in [-0.25, -0.2) is 0 Å². The summed E-state index contributed by atoms with van der Waals surface area (Å²) in [4.78, 5) is 26.2. The van der Waals surface area contributed by atoms with E-state index < -0.39 is 0 Å². The number of imide groups is 1. The van der Waals surface area contributed by atoms with Crippen LogP contribution < -0.4 is 4.74 Å². The molecule has 0 radical (unpaired) electrons. The first-order valence-corrected chi connectivity index (χ1v) is 8.66. The highest BCUT2D eigenvalue weighted by Gasteiger charge is 2.35. The molecule has 1 heterocycles. The van der Waals surface area contributed by atoms with Gasteiger partial charge >= 0.3 is 0 Å². The highest BCUT2D eigenvalue weighted by Crippen LogP contribution is 2.37.